The monoisotopic (exact) mass is 389 g/mol. The number of hydrogen-bond acceptors (Lipinski definition) is 7. The number of amidine groups is 1. The highest BCUT2D eigenvalue weighted by Gasteiger charge is 2.46. The van der Waals surface area contributed by atoms with Crippen molar-refractivity contribution in [3.05, 3.63) is 41.6 Å². The second-order valence-electron chi connectivity index (χ2n) is 8.92. The maximum atomic E-state index is 6.45. The predicted molar refractivity (Wildman–Crippen MR) is 113 cm³/mol. The number of aryl methyl sites for hydroxylation is 1. The SMILES string of the molecule is N[C@@H]1CCC[C@]12CCN(c1cnc3c(n1)CN=C3N1CCCc3ncccc31)C2. The molecule has 0 bridgehead atoms. The maximum absolute atomic E-state index is 6.45. The average Bonchev–Trinajstić information content (AvgIpc) is 3.47. The molecule has 0 aromatic carbocycles. The number of nitrogens with zero attached hydrogens (tertiary/aromatic N) is 6. The number of aliphatic imine (C=N–C) groups is 1. The van der Waals surface area contributed by atoms with Crippen molar-refractivity contribution < 1.29 is 0 Å². The predicted octanol–water partition coefficient (Wildman–Crippen LogP) is 2.29. The van der Waals surface area contributed by atoms with Crippen LogP contribution < -0.4 is 15.5 Å². The highest BCUT2D eigenvalue weighted by molar-refractivity contribution is 6.11. The number of aromatic nitrogens is 3. The van der Waals surface area contributed by atoms with Crippen molar-refractivity contribution in [1.82, 2.24) is 15.0 Å². The molecule has 7 heteroatoms. The van der Waals surface area contributed by atoms with Gasteiger partial charge in [-0.3, -0.25) is 9.98 Å². The first kappa shape index (κ1) is 17.3. The van der Waals surface area contributed by atoms with E-state index in [4.69, 9.17) is 20.7 Å². The third-order valence-corrected chi connectivity index (χ3v) is 7.32. The Kier molecular flexibility index (Phi) is 3.88. The van der Waals surface area contributed by atoms with Crippen LogP contribution in [-0.4, -0.2) is 46.5 Å². The van der Waals surface area contributed by atoms with Gasteiger partial charge in [-0.05, 0) is 44.2 Å². The second-order valence-corrected chi connectivity index (χ2v) is 8.92. The summed E-state index contributed by atoms with van der Waals surface area (Å²) in [7, 11) is 0. The van der Waals surface area contributed by atoms with Gasteiger partial charge in [0.1, 0.15) is 11.5 Å². The molecular weight excluding hydrogens is 362 g/mol. The Labute approximate surface area is 171 Å². The molecule has 1 saturated heterocycles. The van der Waals surface area contributed by atoms with E-state index in [0.717, 1.165) is 73.3 Å². The molecule has 0 amide bonds. The van der Waals surface area contributed by atoms with Crippen molar-refractivity contribution in [3.63, 3.8) is 0 Å². The Morgan fingerprint density at radius 2 is 2.07 bits per heavy atom. The number of rotatable bonds is 1. The van der Waals surface area contributed by atoms with E-state index in [1.807, 2.05) is 18.5 Å². The summed E-state index contributed by atoms with van der Waals surface area (Å²) in [5.74, 6) is 1.93. The Hall–Kier alpha value is -2.54. The fraction of sp³-hybridized carbons (Fsp3) is 0.545. The van der Waals surface area contributed by atoms with E-state index in [2.05, 4.69) is 20.9 Å². The summed E-state index contributed by atoms with van der Waals surface area (Å²) in [5, 5.41) is 0. The lowest BCUT2D eigenvalue weighted by Crippen LogP contribution is -2.39. The van der Waals surface area contributed by atoms with Gasteiger partial charge < -0.3 is 15.5 Å². The first-order valence-electron chi connectivity index (χ1n) is 10.9. The lowest BCUT2D eigenvalue weighted by Gasteiger charge is -2.30. The van der Waals surface area contributed by atoms with Gasteiger partial charge in [-0.15, -0.1) is 0 Å². The molecule has 0 radical (unpaired) electrons. The van der Waals surface area contributed by atoms with Crippen molar-refractivity contribution in [3.8, 4) is 0 Å². The van der Waals surface area contributed by atoms with Crippen LogP contribution in [0.3, 0.4) is 0 Å². The van der Waals surface area contributed by atoms with E-state index in [1.165, 1.54) is 19.3 Å². The molecule has 6 rings (SSSR count). The minimum absolute atomic E-state index is 0.285. The minimum atomic E-state index is 0.285. The molecule has 2 atom stereocenters. The molecule has 1 aliphatic carbocycles. The summed E-state index contributed by atoms with van der Waals surface area (Å²) in [5.41, 5.74) is 11.0. The molecule has 2 aromatic rings. The molecule has 29 heavy (non-hydrogen) atoms. The first-order chi connectivity index (χ1) is 14.2. The number of hydrogen-bond donors (Lipinski definition) is 1. The average molecular weight is 390 g/mol. The molecule has 4 aliphatic rings. The number of pyridine rings is 1. The molecule has 0 unspecified atom stereocenters. The highest BCUT2D eigenvalue weighted by Crippen LogP contribution is 2.45. The summed E-state index contributed by atoms with van der Waals surface area (Å²) in [6.07, 6.45) is 10.8. The molecule has 150 valence electrons. The Bertz CT molecular complexity index is 987. The zero-order chi connectivity index (χ0) is 19.4. The van der Waals surface area contributed by atoms with Crippen molar-refractivity contribution in [2.75, 3.05) is 29.4 Å². The molecule has 5 heterocycles. The van der Waals surface area contributed by atoms with Gasteiger partial charge in [-0.1, -0.05) is 6.42 Å². The quantitative estimate of drug-likeness (QED) is 0.806. The van der Waals surface area contributed by atoms with Crippen molar-refractivity contribution in [2.45, 2.75) is 51.1 Å². The molecular formula is C22H27N7. The van der Waals surface area contributed by atoms with E-state index < -0.39 is 0 Å². The summed E-state index contributed by atoms with van der Waals surface area (Å²) in [6, 6.07) is 4.47. The van der Waals surface area contributed by atoms with Crippen LogP contribution >= 0.6 is 0 Å². The summed E-state index contributed by atoms with van der Waals surface area (Å²) in [6.45, 7) is 3.60. The maximum Gasteiger partial charge on any atom is 0.156 e. The zero-order valence-electron chi connectivity index (χ0n) is 16.7. The summed E-state index contributed by atoms with van der Waals surface area (Å²) < 4.78 is 0. The zero-order valence-corrected chi connectivity index (χ0v) is 16.7. The molecule has 1 saturated carbocycles. The van der Waals surface area contributed by atoms with E-state index in [1.54, 1.807) is 0 Å². The lowest BCUT2D eigenvalue weighted by molar-refractivity contribution is 0.297. The van der Waals surface area contributed by atoms with Gasteiger partial charge in [0, 0.05) is 37.3 Å². The summed E-state index contributed by atoms with van der Waals surface area (Å²) >= 11 is 0. The lowest BCUT2D eigenvalue weighted by atomic mass is 9.82. The van der Waals surface area contributed by atoms with Crippen LogP contribution in [0.5, 0.6) is 0 Å². The van der Waals surface area contributed by atoms with Crippen LogP contribution in [0.25, 0.3) is 0 Å². The van der Waals surface area contributed by atoms with E-state index >= 15 is 0 Å². The largest absolute Gasteiger partial charge is 0.355 e. The van der Waals surface area contributed by atoms with E-state index in [-0.39, 0.29) is 5.41 Å². The molecule has 2 fully saturated rings. The van der Waals surface area contributed by atoms with Crippen molar-refractivity contribution >= 4 is 17.3 Å². The number of nitrogens with two attached hydrogens (primary N) is 1. The molecule has 2 aromatic heterocycles. The van der Waals surface area contributed by atoms with Gasteiger partial charge in [0.25, 0.3) is 0 Å². The fourth-order valence-corrected chi connectivity index (χ4v) is 5.68. The Morgan fingerprint density at radius 3 is 2.97 bits per heavy atom. The number of anilines is 2. The van der Waals surface area contributed by atoms with Gasteiger partial charge >= 0.3 is 0 Å². The van der Waals surface area contributed by atoms with E-state index in [9.17, 15) is 0 Å². The van der Waals surface area contributed by atoms with Gasteiger partial charge in [0.05, 0.1) is 29.8 Å². The smallest absolute Gasteiger partial charge is 0.156 e. The summed E-state index contributed by atoms with van der Waals surface area (Å²) in [4.78, 5) is 23.9. The molecule has 7 nitrogen and oxygen atoms in total. The minimum Gasteiger partial charge on any atom is -0.355 e. The van der Waals surface area contributed by atoms with Gasteiger partial charge in [0.15, 0.2) is 5.84 Å². The highest BCUT2D eigenvalue weighted by atomic mass is 15.3. The van der Waals surface area contributed by atoms with Crippen LogP contribution in [0.1, 0.15) is 49.2 Å². The van der Waals surface area contributed by atoms with Crippen molar-refractivity contribution in [1.29, 1.82) is 0 Å². The first-order valence-corrected chi connectivity index (χ1v) is 10.9. The second kappa shape index (κ2) is 6.49. The third-order valence-electron chi connectivity index (χ3n) is 7.32. The van der Waals surface area contributed by atoms with Crippen LogP contribution in [0.15, 0.2) is 29.5 Å². The molecule has 1 spiro atoms. The molecule has 3 aliphatic heterocycles. The normalized spacial score (nSPS) is 28.0. The standard InChI is InChI=1S/C22H27N7/c23-18-6-1-7-22(18)8-11-28(14-22)19-13-25-20-16(27-19)12-26-21(20)29-10-3-4-15-17(29)5-2-9-24-15/h2,5,9,13,18H,1,3-4,6-8,10-12,14,23H2/t18-,22-/m1/s1. The third kappa shape index (κ3) is 2.67. The van der Waals surface area contributed by atoms with Crippen molar-refractivity contribution in [2.24, 2.45) is 16.1 Å². The van der Waals surface area contributed by atoms with Gasteiger partial charge in [0.2, 0.25) is 0 Å². The van der Waals surface area contributed by atoms with Crippen LogP contribution in [0.2, 0.25) is 0 Å². The van der Waals surface area contributed by atoms with Gasteiger partial charge in [-0.2, -0.15) is 0 Å². The fourth-order valence-electron chi connectivity index (χ4n) is 5.68. The Balaban J connectivity index is 1.27. The van der Waals surface area contributed by atoms with Crippen LogP contribution in [0.4, 0.5) is 11.5 Å². The van der Waals surface area contributed by atoms with E-state index in [0.29, 0.717) is 12.6 Å². The van der Waals surface area contributed by atoms with Crippen LogP contribution in [0, 0.1) is 5.41 Å². The molecule has 2 N–H and O–H groups in total. The Morgan fingerprint density at radius 1 is 1.10 bits per heavy atom. The topological polar surface area (TPSA) is 83.5 Å². The van der Waals surface area contributed by atoms with Crippen LogP contribution in [-0.2, 0) is 13.0 Å². The number of fused-ring (bicyclic) bond motifs is 2. The van der Waals surface area contributed by atoms with Gasteiger partial charge in [-0.25, -0.2) is 9.97 Å².